The number of benzene rings is 1. The second-order valence-electron chi connectivity index (χ2n) is 4.61. The minimum absolute atomic E-state index is 0.114. The Labute approximate surface area is 107 Å². The zero-order valence-electron chi connectivity index (χ0n) is 9.74. The van der Waals surface area contributed by atoms with Crippen molar-refractivity contribution in [2.75, 3.05) is 7.05 Å². The van der Waals surface area contributed by atoms with Gasteiger partial charge in [0.1, 0.15) is 0 Å². The molecule has 0 spiro atoms. The Morgan fingerprint density at radius 3 is 2.53 bits per heavy atom. The molecule has 1 aromatic rings. The van der Waals surface area contributed by atoms with Crippen molar-refractivity contribution in [3.05, 3.63) is 33.3 Å². The average Bonchev–Trinajstić information content (AvgIpc) is 2.40. The van der Waals surface area contributed by atoms with Crippen LogP contribution in [-0.2, 0) is 5.54 Å². The standard InChI is InChI=1S/C12H12BrNO3/c1-12(2)8-5-9(13)7(11(16)17)4-6(8)10(15)14(12)3/h4-5H,1-3H3,(H,16,17). The number of carboxylic acids is 1. The number of halogens is 1. The molecule has 5 heteroatoms. The lowest BCUT2D eigenvalue weighted by Crippen LogP contribution is -2.35. The van der Waals surface area contributed by atoms with Crippen LogP contribution < -0.4 is 0 Å². The molecular weight excluding hydrogens is 286 g/mol. The van der Waals surface area contributed by atoms with Crippen LogP contribution in [0.3, 0.4) is 0 Å². The number of hydrogen-bond donors (Lipinski definition) is 1. The molecule has 0 radical (unpaired) electrons. The first-order valence-corrected chi connectivity index (χ1v) is 5.91. The topological polar surface area (TPSA) is 57.6 Å². The van der Waals surface area contributed by atoms with Crippen LogP contribution in [0.15, 0.2) is 16.6 Å². The lowest BCUT2D eigenvalue weighted by Gasteiger charge is -2.28. The van der Waals surface area contributed by atoms with Gasteiger partial charge in [-0.1, -0.05) is 0 Å². The molecule has 1 aliphatic heterocycles. The normalized spacial score (nSPS) is 17.2. The van der Waals surface area contributed by atoms with E-state index in [4.69, 9.17) is 5.11 Å². The Bertz CT molecular complexity index is 537. The fourth-order valence-electron chi connectivity index (χ4n) is 2.04. The quantitative estimate of drug-likeness (QED) is 0.866. The molecule has 0 aromatic heterocycles. The highest BCUT2D eigenvalue weighted by Gasteiger charge is 2.41. The number of nitrogens with zero attached hydrogens (tertiary/aromatic N) is 1. The van der Waals surface area contributed by atoms with Crippen LogP contribution in [0.2, 0.25) is 0 Å². The summed E-state index contributed by atoms with van der Waals surface area (Å²) >= 11 is 3.23. The predicted molar refractivity (Wildman–Crippen MR) is 66.2 cm³/mol. The average molecular weight is 298 g/mol. The van der Waals surface area contributed by atoms with E-state index in [2.05, 4.69) is 15.9 Å². The van der Waals surface area contributed by atoms with Gasteiger partial charge in [0.2, 0.25) is 0 Å². The third kappa shape index (κ3) is 1.57. The van der Waals surface area contributed by atoms with Crippen LogP contribution in [0.4, 0.5) is 0 Å². The van der Waals surface area contributed by atoms with E-state index in [1.807, 2.05) is 13.8 Å². The number of carboxylic acid groups (broad SMARTS) is 1. The van der Waals surface area contributed by atoms with Gasteiger partial charge in [0.15, 0.2) is 0 Å². The minimum atomic E-state index is -1.04. The van der Waals surface area contributed by atoms with E-state index in [1.54, 1.807) is 18.0 Å². The maximum atomic E-state index is 12.0. The Kier molecular flexibility index (Phi) is 2.54. The zero-order chi connectivity index (χ0) is 13.0. The first kappa shape index (κ1) is 12.1. The number of carbonyl (C=O) groups is 2. The van der Waals surface area contributed by atoms with Gasteiger partial charge >= 0.3 is 5.97 Å². The third-order valence-electron chi connectivity index (χ3n) is 3.37. The van der Waals surface area contributed by atoms with Gasteiger partial charge < -0.3 is 10.0 Å². The highest BCUT2D eigenvalue weighted by molar-refractivity contribution is 9.10. The van der Waals surface area contributed by atoms with E-state index in [0.717, 1.165) is 5.56 Å². The molecule has 0 atom stereocenters. The molecule has 1 aliphatic rings. The van der Waals surface area contributed by atoms with E-state index in [1.165, 1.54) is 6.07 Å². The zero-order valence-corrected chi connectivity index (χ0v) is 11.3. The van der Waals surface area contributed by atoms with Crippen molar-refractivity contribution >= 4 is 27.8 Å². The molecule has 1 N–H and O–H groups in total. The van der Waals surface area contributed by atoms with Gasteiger partial charge in [0.05, 0.1) is 11.1 Å². The summed E-state index contributed by atoms with van der Waals surface area (Å²) in [6.45, 7) is 3.87. The van der Waals surface area contributed by atoms with Crippen LogP contribution in [0.5, 0.6) is 0 Å². The van der Waals surface area contributed by atoms with Crippen molar-refractivity contribution in [3.63, 3.8) is 0 Å². The SMILES string of the molecule is CN1C(=O)c2cc(C(=O)O)c(Br)cc2C1(C)C. The summed E-state index contributed by atoms with van der Waals surface area (Å²) in [5.74, 6) is -1.18. The molecule has 0 saturated carbocycles. The Morgan fingerprint density at radius 2 is 2.00 bits per heavy atom. The van der Waals surface area contributed by atoms with Crippen molar-refractivity contribution in [1.29, 1.82) is 0 Å². The molecule has 0 aliphatic carbocycles. The third-order valence-corrected chi connectivity index (χ3v) is 4.03. The van der Waals surface area contributed by atoms with Crippen LogP contribution in [-0.4, -0.2) is 28.9 Å². The molecule has 2 rings (SSSR count). The van der Waals surface area contributed by atoms with Gasteiger partial charge in [-0.2, -0.15) is 0 Å². The predicted octanol–water partition coefficient (Wildman–Crippen LogP) is 2.47. The van der Waals surface area contributed by atoms with E-state index < -0.39 is 11.5 Å². The van der Waals surface area contributed by atoms with Gasteiger partial charge in [0, 0.05) is 17.1 Å². The molecule has 1 amide bonds. The van der Waals surface area contributed by atoms with E-state index in [9.17, 15) is 9.59 Å². The van der Waals surface area contributed by atoms with Crippen LogP contribution >= 0.6 is 15.9 Å². The fraction of sp³-hybridized carbons (Fsp3) is 0.333. The number of aromatic carboxylic acids is 1. The second-order valence-corrected chi connectivity index (χ2v) is 5.46. The smallest absolute Gasteiger partial charge is 0.336 e. The molecule has 0 unspecified atom stereocenters. The van der Waals surface area contributed by atoms with Gasteiger partial charge in [-0.15, -0.1) is 0 Å². The Balaban J connectivity index is 2.72. The second kappa shape index (κ2) is 3.57. The number of amides is 1. The summed E-state index contributed by atoms with van der Waals surface area (Å²) in [6.07, 6.45) is 0. The molecule has 0 saturated heterocycles. The largest absolute Gasteiger partial charge is 0.478 e. The van der Waals surface area contributed by atoms with Crippen molar-refractivity contribution in [3.8, 4) is 0 Å². The van der Waals surface area contributed by atoms with Crippen molar-refractivity contribution in [2.45, 2.75) is 19.4 Å². The summed E-state index contributed by atoms with van der Waals surface area (Å²) in [6, 6.07) is 3.16. The van der Waals surface area contributed by atoms with Crippen LogP contribution in [0.25, 0.3) is 0 Å². The monoisotopic (exact) mass is 297 g/mol. The summed E-state index contributed by atoms with van der Waals surface area (Å²) in [4.78, 5) is 24.7. The lowest BCUT2D eigenvalue weighted by molar-refractivity contribution is 0.0688. The van der Waals surface area contributed by atoms with E-state index in [0.29, 0.717) is 10.0 Å². The molecule has 0 bridgehead atoms. The first-order chi connectivity index (χ1) is 7.76. The van der Waals surface area contributed by atoms with Gasteiger partial charge in [0.25, 0.3) is 5.91 Å². The number of carbonyl (C=O) groups excluding carboxylic acids is 1. The molecule has 1 aromatic carbocycles. The van der Waals surface area contributed by atoms with Gasteiger partial charge in [-0.3, -0.25) is 4.79 Å². The van der Waals surface area contributed by atoms with Crippen molar-refractivity contribution in [1.82, 2.24) is 4.90 Å². The van der Waals surface area contributed by atoms with E-state index >= 15 is 0 Å². The number of fused-ring (bicyclic) bond motifs is 1. The van der Waals surface area contributed by atoms with Crippen LogP contribution in [0.1, 0.15) is 40.1 Å². The lowest BCUT2D eigenvalue weighted by atomic mass is 9.93. The van der Waals surface area contributed by atoms with E-state index in [-0.39, 0.29) is 11.5 Å². The molecule has 4 nitrogen and oxygen atoms in total. The van der Waals surface area contributed by atoms with Crippen LogP contribution in [0, 0.1) is 0 Å². The summed E-state index contributed by atoms with van der Waals surface area (Å²) in [7, 11) is 1.72. The first-order valence-electron chi connectivity index (χ1n) is 5.12. The number of hydrogen-bond acceptors (Lipinski definition) is 2. The fourth-order valence-corrected chi connectivity index (χ4v) is 2.55. The molecule has 1 heterocycles. The Morgan fingerprint density at radius 1 is 1.41 bits per heavy atom. The van der Waals surface area contributed by atoms with Gasteiger partial charge in [-0.05, 0) is 47.5 Å². The maximum Gasteiger partial charge on any atom is 0.336 e. The van der Waals surface area contributed by atoms with Crippen molar-refractivity contribution < 1.29 is 14.7 Å². The number of rotatable bonds is 1. The molecule has 0 fully saturated rings. The van der Waals surface area contributed by atoms with Gasteiger partial charge in [-0.25, -0.2) is 4.79 Å². The maximum absolute atomic E-state index is 12.0. The highest BCUT2D eigenvalue weighted by atomic mass is 79.9. The summed E-state index contributed by atoms with van der Waals surface area (Å²) in [5, 5.41) is 9.02. The minimum Gasteiger partial charge on any atom is -0.478 e. The Hall–Kier alpha value is -1.36. The molecule has 17 heavy (non-hydrogen) atoms. The molecule has 90 valence electrons. The molecular formula is C12H12BrNO3. The highest BCUT2D eigenvalue weighted by Crippen LogP contribution is 2.39. The summed E-state index contributed by atoms with van der Waals surface area (Å²) in [5.41, 5.74) is 1.02. The van der Waals surface area contributed by atoms with Crippen molar-refractivity contribution in [2.24, 2.45) is 0 Å². The summed E-state index contributed by atoms with van der Waals surface area (Å²) < 4.78 is 0.500.